The molecule has 3 fully saturated rings. The molecule has 6 rings (SSSR count). The molecule has 2 saturated heterocycles. The van der Waals surface area contributed by atoms with Crippen molar-refractivity contribution in [3.05, 3.63) is 17.4 Å². The molecule has 9 heteroatoms. The van der Waals surface area contributed by atoms with Gasteiger partial charge in [-0.05, 0) is 58.5 Å². The average molecular weight is 483 g/mol. The molecule has 188 valence electrons. The van der Waals surface area contributed by atoms with Gasteiger partial charge in [0.05, 0.1) is 24.7 Å². The van der Waals surface area contributed by atoms with Crippen molar-refractivity contribution in [1.29, 1.82) is 0 Å². The number of ketones is 1. The predicted octanol–water partition coefficient (Wildman–Crippen LogP) is 3.49. The minimum absolute atomic E-state index is 0.0408. The van der Waals surface area contributed by atoms with E-state index in [0.29, 0.717) is 55.6 Å². The summed E-state index contributed by atoms with van der Waals surface area (Å²) in [5, 5.41) is 4.42. The van der Waals surface area contributed by atoms with Gasteiger partial charge in [0.25, 0.3) is 0 Å². The Labute approximate surface area is 205 Å². The number of carbonyl (C=O) groups excluding carboxylic acids is 1. The van der Waals surface area contributed by atoms with Crippen molar-refractivity contribution in [3.63, 3.8) is 0 Å². The standard InChI is InChI=1S/C26H34N4O5/c1-30-12-5-6-17(30)15-33-21-14-22(34-18-9-13-32-16-18)28-25(27-21)23-19-7-4-11-26(24(19)35-29-23)10-3-2-8-20(26)31/h14,17-18H,2-13,15-16H2,1H3/t17-,18-,26+/m0/s1. The summed E-state index contributed by atoms with van der Waals surface area (Å²) in [4.78, 5) is 24.8. The lowest BCUT2D eigenvalue weighted by atomic mass is 9.64. The van der Waals surface area contributed by atoms with Crippen molar-refractivity contribution >= 4 is 5.78 Å². The van der Waals surface area contributed by atoms with Gasteiger partial charge < -0.3 is 23.6 Å². The second-order valence-electron chi connectivity index (χ2n) is 10.5. The third kappa shape index (κ3) is 4.33. The summed E-state index contributed by atoms with van der Waals surface area (Å²) in [6, 6.07) is 2.13. The van der Waals surface area contributed by atoms with Gasteiger partial charge in [-0.2, -0.15) is 9.97 Å². The number of fused-ring (bicyclic) bond motifs is 2. The summed E-state index contributed by atoms with van der Waals surface area (Å²) in [5.74, 6) is 2.38. The van der Waals surface area contributed by atoms with Crippen LogP contribution < -0.4 is 9.47 Å². The molecule has 0 aromatic carbocycles. The smallest absolute Gasteiger partial charge is 0.221 e. The SMILES string of the molecule is CN1CCC[C@H]1COc1cc(O[C@H]2CCOC2)nc(-c2noc3c2CCC[C@@]32CCCCC2=O)n1. The molecule has 4 aliphatic rings. The highest BCUT2D eigenvalue weighted by atomic mass is 16.6. The van der Waals surface area contributed by atoms with E-state index in [9.17, 15) is 4.79 Å². The van der Waals surface area contributed by atoms with Crippen molar-refractivity contribution in [2.24, 2.45) is 0 Å². The fourth-order valence-corrected chi connectivity index (χ4v) is 6.16. The van der Waals surface area contributed by atoms with E-state index in [1.54, 1.807) is 6.07 Å². The summed E-state index contributed by atoms with van der Waals surface area (Å²) in [6.07, 6.45) is 9.10. The van der Waals surface area contributed by atoms with Gasteiger partial charge in [0.15, 0.2) is 17.3 Å². The Kier molecular flexibility index (Phi) is 6.22. The lowest BCUT2D eigenvalue weighted by Gasteiger charge is -2.36. The molecule has 35 heavy (non-hydrogen) atoms. The molecule has 1 spiro atoms. The maximum absolute atomic E-state index is 13.0. The lowest BCUT2D eigenvalue weighted by molar-refractivity contribution is -0.128. The van der Waals surface area contributed by atoms with Crippen molar-refractivity contribution in [2.45, 2.75) is 81.8 Å². The van der Waals surface area contributed by atoms with E-state index >= 15 is 0 Å². The number of rotatable bonds is 6. The van der Waals surface area contributed by atoms with Crippen molar-refractivity contribution < 1.29 is 23.5 Å². The minimum Gasteiger partial charge on any atom is -0.476 e. The Morgan fingerprint density at radius 3 is 2.80 bits per heavy atom. The molecule has 2 aliphatic heterocycles. The second-order valence-corrected chi connectivity index (χ2v) is 10.5. The third-order valence-electron chi connectivity index (χ3n) is 8.21. The Balaban J connectivity index is 1.33. The van der Waals surface area contributed by atoms with E-state index in [1.165, 1.54) is 6.42 Å². The first-order chi connectivity index (χ1) is 17.1. The second kappa shape index (κ2) is 9.50. The molecule has 2 aliphatic carbocycles. The van der Waals surface area contributed by atoms with Crippen LogP contribution in [0.1, 0.15) is 69.1 Å². The number of carbonyl (C=O) groups is 1. The first-order valence-electron chi connectivity index (χ1n) is 13.1. The van der Waals surface area contributed by atoms with Crippen LogP contribution in [0.4, 0.5) is 0 Å². The monoisotopic (exact) mass is 482 g/mol. The van der Waals surface area contributed by atoms with Gasteiger partial charge in [-0.15, -0.1) is 0 Å². The van der Waals surface area contributed by atoms with E-state index in [0.717, 1.165) is 69.2 Å². The van der Waals surface area contributed by atoms with Crippen LogP contribution in [-0.2, 0) is 21.4 Å². The number of likely N-dealkylation sites (N-methyl/N-ethyl adjacent to an activating group) is 1. The first kappa shape index (κ1) is 22.9. The number of likely N-dealkylation sites (tertiary alicyclic amines) is 1. The molecule has 4 heterocycles. The van der Waals surface area contributed by atoms with Gasteiger partial charge in [0.1, 0.15) is 18.5 Å². The van der Waals surface area contributed by atoms with E-state index < -0.39 is 5.41 Å². The van der Waals surface area contributed by atoms with Gasteiger partial charge in [-0.1, -0.05) is 11.6 Å². The van der Waals surface area contributed by atoms with Gasteiger partial charge >= 0.3 is 0 Å². The number of ether oxygens (including phenoxy) is 3. The van der Waals surface area contributed by atoms with Gasteiger partial charge in [0.2, 0.25) is 11.8 Å². The van der Waals surface area contributed by atoms with Crippen LogP contribution in [0.5, 0.6) is 11.8 Å². The Morgan fingerprint density at radius 1 is 1.11 bits per heavy atom. The highest BCUT2D eigenvalue weighted by Crippen LogP contribution is 2.47. The summed E-state index contributed by atoms with van der Waals surface area (Å²) >= 11 is 0. The van der Waals surface area contributed by atoms with Crippen LogP contribution >= 0.6 is 0 Å². The van der Waals surface area contributed by atoms with Gasteiger partial charge in [0, 0.05) is 24.4 Å². The van der Waals surface area contributed by atoms with E-state index in [2.05, 4.69) is 17.1 Å². The zero-order valence-electron chi connectivity index (χ0n) is 20.5. The van der Waals surface area contributed by atoms with Crippen LogP contribution in [0.2, 0.25) is 0 Å². The van der Waals surface area contributed by atoms with Crippen molar-refractivity contribution in [1.82, 2.24) is 20.0 Å². The average Bonchev–Trinajstić information content (AvgIpc) is 3.62. The number of nitrogens with zero attached hydrogens (tertiary/aromatic N) is 4. The van der Waals surface area contributed by atoms with E-state index in [4.69, 9.17) is 28.7 Å². The topological polar surface area (TPSA) is 99.8 Å². The fourth-order valence-electron chi connectivity index (χ4n) is 6.16. The number of Topliss-reactive ketones (excluding diaryl/α,β-unsaturated/α-hetero) is 1. The number of hydrogen-bond donors (Lipinski definition) is 0. The Bertz CT molecular complexity index is 1080. The van der Waals surface area contributed by atoms with Crippen LogP contribution in [0.3, 0.4) is 0 Å². The molecule has 9 nitrogen and oxygen atoms in total. The maximum Gasteiger partial charge on any atom is 0.221 e. The molecule has 0 unspecified atom stereocenters. The van der Waals surface area contributed by atoms with Gasteiger partial charge in [-0.3, -0.25) is 4.79 Å². The Morgan fingerprint density at radius 2 is 2.00 bits per heavy atom. The molecule has 3 atom stereocenters. The maximum atomic E-state index is 13.0. The van der Waals surface area contributed by atoms with Crippen molar-refractivity contribution in [3.8, 4) is 23.3 Å². The van der Waals surface area contributed by atoms with Gasteiger partial charge in [-0.25, -0.2) is 0 Å². The number of hydrogen-bond acceptors (Lipinski definition) is 9. The third-order valence-corrected chi connectivity index (χ3v) is 8.21. The molecule has 1 saturated carbocycles. The summed E-state index contributed by atoms with van der Waals surface area (Å²) in [6.45, 7) is 2.89. The highest BCUT2D eigenvalue weighted by Gasteiger charge is 2.48. The lowest BCUT2D eigenvalue weighted by Crippen LogP contribution is -2.41. The molecule has 2 aromatic heterocycles. The molecular formula is C26H34N4O5. The fraction of sp³-hybridized carbons (Fsp3) is 0.692. The number of aromatic nitrogens is 3. The predicted molar refractivity (Wildman–Crippen MR) is 127 cm³/mol. The first-order valence-corrected chi connectivity index (χ1v) is 13.1. The zero-order valence-corrected chi connectivity index (χ0v) is 20.5. The molecule has 0 bridgehead atoms. The van der Waals surface area contributed by atoms with Crippen molar-refractivity contribution in [2.75, 3.05) is 33.4 Å². The van der Waals surface area contributed by atoms with E-state index in [-0.39, 0.29) is 11.9 Å². The minimum atomic E-state index is -0.529. The summed E-state index contributed by atoms with van der Waals surface area (Å²) in [7, 11) is 2.13. The normalized spacial score (nSPS) is 29.0. The largest absolute Gasteiger partial charge is 0.476 e. The molecule has 2 aromatic rings. The Hall–Kier alpha value is -2.52. The van der Waals surface area contributed by atoms with E-state index in [1.807, 2.05) is 0 Å². The summed E-state index contributed by atoms with van der Waals surface area (Å²) in [5.41, 5.74) is 1.04. The zero-order chi connectivity index (χ0) is 23.8. The molecule has 0 amide bonds. The molecule has 0 radical (unpaired) electrons. The van der Waals surface area contributed by atoms with Crippen LogP contribution in [-0.4, -0.2) is 71.4 Å². The molecule has 0 N–H and O–H groups in total. The van der Waals surface area contributed by atoms with Crippen LogP contribution in [0, 0.1) is 0 Å². The highest BCUT2D eigenvalue weighted by molar-refractivity contribution is 5.91. The quantitative estimate of drug-likeness (QED) is 0.612. The van der Waals surface area contributed by atoms with Crippen LogP contribution in [0.25, 0.3) is 11.5 Å². The molecular weight excluding hydrogens is 448 g/mol. The van der Waals surface area contributed by atoms with Crippen LogP contribution in [0.15, 0.2) is 10.6 Å². The summed E-state index contributed by atoms with van der Waals surface area (Å²) < 4.78 is 23.7.